The van der Waals surface area contributed by atoms with Crippen LogP contribution in [0.3, 0.4) is 0 Å². The van der Waals surface area contributed by atoms with Crippen molar-refractivity contribution in [2.45, 2.75) is 53.2 Å². The first-order chi connectivity index (χ1) is 22.3. The van der Waals surface area contributed by atoms with Crippen LogP contribution in [-0.2, 0) is 25.4 Å². The summed E-state index contributed by atoms with van der Waals surface area (Å²) in [4.78, 5) is 42.6. The van der Waals surface area contributed by atoms with Gasteiger partial charge < -0.3 is 20.0 Å². The summed E-state index contributed by atoms with van der Waals surface area (Å²) in [6.07, 6.45) is 4.49. The summed E-state index contributed by atoms with van der Waals surface area (Å²) in [7, 11) is -1.05. The van der Waals surface area contributed by atoms with Crippen molar-refractivity contribution in [3.05, 3.63) is 119 Å². The lowest BCUT2D eigenvalue weighted by atomic mass is 10.0. The van der Waals surface area contributed by atoms with Gasteiger partial charge in [0.2, 0.25) is 17.7 Å². The van der Waals surface area contributed by atoms with Gasteiger partial charge in [0, 0.05) is 31.9 Å². The first-order valence-corrected chi connectivity index (χ1v) is 17.5. The van der Waals surface area contributed by atoms with Crippen LogP contribution in [0.15, 0.2) is 97.2 Å². The Labute approximate surface area is 279 Å². The summed E-state index contributed by atoms with van der Waals surface area (Å²) in [6, 6.07) is 28.4. The molecule has 4 rings (SSSR count). The Morgan fingerprint density at radius 3 is 2.04 bits per heavy atom. The van der Waals surface area contributed by atoms with Gasteiger partial charge in [-0.15, -0.1) is 0 Å². The predicted octanol–water partition coefficient (Wildman–Crippen LogP) is 5.53. The third-order valence-electron chi connectivity index (χ3n) is 8.32. The fraction of sp³-hybridized carbons (Fsp3) is 0.263. The Morgan fingerprint density at radius 1 is 0.894 bits per heavy atom. The van der Waals surface area contributed by atoms with Gasteiger partial charge >= 0.3 is 0 Å². The van der Waals surface area contributed by atoms with Gasteiger partial charge in [0.1, 0.15) is 5.82 Å². The number of nitrogens with one attached hydrogen (secondary N) is 2. The molecule has 0 radical (unpaired) electrons. The number of carbonyl (C=O) groups excluding carboxylic acids is 3. The first-order valence-electron chi connectivity index (χ1n) is 15.6. The molecule has 0 aliphatic carbocycles. The van der Waals surface area contributed by atoms with Crippen LogP contribution in [0.25, 0.3) is 6.08 Å². The third-order valence-corrected chi connectivity index (χ3v) is 13.3. The van der Waals surface area contributed by atoms with Crippen LogP contribution in [0.2, 0.25) is 5.04 Å². The van der Waals surface area contributed by atoms with Gasteiger partial charge in [-0.3, -0.25) is 14.4 Å². The number of amides is 3. The quantitative estimate of drug-likeness (QED) is 0.165. The van der Waals surface area contributed by atoms with Crippen LogP contribution in [0.5, 0.6) is 0 Å². The number of aryl methyl sites for hydroxylation is 1. The Hall–Kier alpha value is -4.86. The van der Waals surface area contributed by atoms with E-state index < -0.39 is 14.2 Å². The fourth-order valence-corrected chi connectivity index (χ4v) is 10.3. The molecule has 0 atom stereocenters. The molecule has 0 bridgehead atoms. The van der Waals surface area contributed by atoms with Crippen LogP contribution < -0.4 is 25.9 Å². The molecule has 2 N–H and O–H groups in total. The van der Waals surface area contributed by atoms with Gasteiger partial charge in [0.25, 0.3) is 8.32 Å². The second-order valence-corrected chi connectivity index (χ2v) is 16.9. The summed E-state index contributed by atoms with van der Waals surface area (Å²) in [5.41, 5.74) is 4.53. The van der Waals surface area contributed by atoms with Gasteiger partial charge in [-0.2, -0.15) is 0 Å². The van der Waals surface area contributed by atoms with E-state index in [1.807, 2.05) is 31.2 Å². The molecule has 4 aromatic rings. The molecule has 0 aliphatic rings. The molecule has 3 amide bonds. The molecule has 8 nitrogen and oxygen atoms in total. The molecule has 9 heteroatoms. The van der Waals surface area contributed by atoms with E-state index in [4.69, 9.17) is 4.43 Å². The topological polar surface area (TPSA) is 101 Å². The zero-order valence-corrected chi connectivity index (χ0v) is 29.3. The summed E-state index contributed by atoms with van der Waals surface area (Å²) in [5.74, 6) is -0.441. The summed E-state index contributed by atoms with van der Waals surface area (Å²) < 4.78 is 7.22. The molecule has 0 saturated carbocycles. The van der Waals surface area contributed by atoms with Crippen molar-refractivity contribution in [3.63, 3.8) is 0 Å². The molecule has 47 heavy (non-hydrogen) atoms. The highest BCUT2D eigenvalue weighted by molar-refractivity contribution is 6.99. The summed E-state index contributed by atoms with van der Waals surface area (Å²) in [6.45, 7) is 12.5. The molecular weight excluding hydrogens is 605 g/mol. The van der Waals surface area contributed by atoms with Crippen molar-refractivity contribution < 1.29 is 18.8 Å². The van der Waals surface area contributed by atoms with Gasteiger partial charge in [0.15, 0.2) is 0 Å². The number of likely N-dealkylation sites (N-methyl/N-ethyl adjacent to an activating group) is 1. The first kappa shape index (κ1) is 35.0. The second kappa shape index (κ2) is 15.2. The van der Waals surface area contributed by atoms with E-state index >= 15 is 0 Å². The van der Waals surface area contributed by atoms with Crippen LogP contribution in [0, 0.1) is 13.8 Å². The molecule has 0 aliphatic heterocycles. The Balaban J connectivity index is 1.50. The zero-order chi connectivity index (χ0) is 34.2. The van der Waals surface area contributed by atoms with Crippen molar-refractivity contribution in [3.8, 4) is 0 Å². The van der Waals surface area contributed by atoms with Crippen LogP contribution in [0.1, 0.15) is 49.9 Å². The smallest absolute Gasteiger partial charge is 0.261 e. The lowest BCUT2D eigenvalue weighted by Crippen LogP contribution is -2.66. The van der Waals surface area contributed by atoms with Crippen molar-refractivity contribution in [1.29, 1.82) is 0 Å². The number of pyridine rings is 1. The Bertz CT molecular complexity index is 1690. The number of nitrogens with zero attached hydrogens (tertiary/aromatic N) is 2. The molecule has 1 aromatic heterocycles. The van der Waals surface area contributed by atoms with Crippen molar-refractivity contribution in [1.82, 2.24) is 10.3 Å². The van der Waals surface area contributed by atoms with Gasteiger partial charge in [-0.05, 0) is 75.8 Å². The Kier molecular flexibility index (Phi) is 11.3. The van der Waals surface area contributed by atoms with E-state index in [1.54, 1.807) is 36.4 Å². The van der Waals surface area contributed by atoms with Crippen LogP contribution in [-0.4, -0.2) is 44.6 Å². The van der Waals surface area contributed by atoms with Gasteiger partial charge in [0.05, 0.1) is 13.2 Å². The van der Waals surface area contributed by atoms with Crippen LogP contribution >= 0.6 is 0 Å². The molecule has 0 spiro atoms. The van der Waals surface area contributed by atoms with Crippen molar-refractivity contribution in [2.75, 3.05) is 23.8 Å². The minimum atomic E-state index is -2.77. The number of hydrogen-bond acceptors (Lipinski definition) is 5. The molecule has 1 heterocycles. The van der Waals surface area contributed by atoms with E-state index in [9.17, 15) is 14.4 Å². The number of benzene rings is 3. The average molecular weight is 649 g/mol. The molecule has 244 valence electrons. The highest BCUT2D eigenvalue weighted by atomic mass is 28.4. The highest BCUT2D eigenvalue weighted by Crippen LogP contribution is 2.38. The maximum Gasteiger partial charge on any atom is 0.261 e. The normalized spacial score (nSPS) is 11.7. The van der Waals surface area contributed by atoms with E-state index in [0.717, 1.165) is 22.4 Å². The minimum absolute atomic E-state index is 0.165. The lowest BCUT2D eigenvalue weighted by molar-refractivity contribution is -0.122. The zero-order valence-electron chi connectivity index (χ0n) is 28.3. The van der Waals surface area contributed by atoms with E-state index in [1.165, 1.54) is 23.4 Å². The maximum atomic E-state index is 13.2. The van der Waals surface area contributed by atoms with E-state index in [0.29, 0.717) is 18.0 Å². The monoisotopic (exact) mass is 648 g/mol. The Morgan fingerprint density at radius 2 is 1.51 bits per heavy atom. The maximum absolute atomic E-state index is 13.2. The number of hydrogen-bond donors (Lipinski definition) is 2. The largest absolute Gasteiger partial charge is 0.403 e. The fourth-order valence-electron chi connectivity index (χ4n) is 5.81. The standard InChI is InChI=1S/C38H44N4O4Si/c1-27-18-21-34(42(7)37(45)25-40-36(44)23-20-30-19-22-35(39-24-30)41-29(3)43)28(2)33(27)26-46-47(38(4,5)6,31-14-10-8-11-15-31)32-16-12-9-13-17-32/h8-24H,25-26H2,1-7H3,(H,40,44)(H,39,41,43). The van der Waals surface area contributed by atoms with E-state index in [2.05, 4.69) is 91.8 Å². The van der Waals surface area contributed by atoms with Crippen molar-refractivity contribution in [2.24, 2.45) is 0 Å². The SMILES string of the molecule is CC(=O)Nc1ccc(C=CC(=O)NCC(=O)N(C)c2ccc(C)c(CO[Si](c3ccccc3)(c3ccccc3)C(C)(C)C)c2C)cn1. The summed E-state index contributed by atoms with van der Waals surface area (Å²) >= 11 is 0. The number of anilines is 2. The minimum Gasteiger partial charge on any atom is -0.403 e. The van der Waals surface area contributed by atoms with E-state index in [-0.39, 0.29) is 23.4 Å². The van der Waals surface area contributed by atoms with Crippen LogP contribution in [0.4, 0.5) is 11.5 Å². The molecule has 0 unspecified atom stereocenters. The number of aromatic nitrogens is 1. The third kappa shape index (κ3) is 8.30. The van der Waals surface area contributed by atoms with Gasteiger partial charge in [-0.25, -0.2) is 4.98 Å². The second-order valence-electron chi connectivity index (χ2n) is 12.6. The summed E-state index contributed by atoms with van der Waals surface area (Å²) in [5, 5.41) is 7.52. The van der Waals surface area contributed by atoms with Gasteiger partial charge in [-0.1, -0.05) is 87.5 Å². The van der Waals surface area contributed by atoms with Crippen molar-refractivity contribution >= 4 is 54.0 Å². The molecule has 3 aromatic carbocycles. The average Bonchev–Trinajstić information content (AvgIpc) is 3.04. The molecule has 0 saturated heterocycles. The predicted molar refractivity (Wildman–Crippen MR) is 192 cm³/mol. The highest BCUT2D eigenvalue weighted by Gasteiger charge is 2.50. The number of rotatable bonds is 11. The number of carbonyl (C=O) groups is 3. The lowest BCUT2D eigenvalue weighted by Gasteiger charge is -2.43. The molecular formula is C38H44N4O4Si. The molecule has 0 fully saturated rings.